The number of β-lactam (4-membered cyclic amide) rings is 1. The number of anilines is 1. The molecule has 14 nitrogen and oxygen atoms in total. The molecule has 0 radical (unpaired) electrons. The quantitative estimate of drug-likeness (QED) is 0.0765. The Morgan fingerprint density at radius 3 is 2.74 bits per heavy atom. The molecule has 0 bridgehead atoms. The summed E-state index contributed by atoms with van der Waals surface area (Å²) in [6.07, 6.45) is 3.64. The van der Waals surface area contributed by atoms with Crippen molar-refractivity contribution in [3.63, 3.8) is 0 Å². The maximum atomic E-state index is 13.0. The zero-order valence-electron chi connectivity index (χ0n) is 19.7. The molecule has 17 heteroatoms. The summed E-state index contributed by atoms with van der Waals surface area (Å²) in [7, 11) is 1.77. The number of rotatable bonds is 11. The fourth-order valence-electron chi connectivity index (χ4n) is 3.57. The molecule has 0 saturated carbocycles. The molecule has 0 aromatic carbocycles. The lowest BCUT2D eigenvalue weighted by molar-refractivity contribution is -0.647. The van der Waals surface area contributed by atoms with Crippen molar-refractivity contribution >= 4 is 69.5 Å². The smallest absolute Gasteiger partial charge is 0.344 e. The number of fused-ring (bicyclic) bond motifs is 1. The third-order valence-corrected chi connectivity index (χ3v) is 8.43. The lowest BCUT2D eigenvalue weighted by atomic mass is 10.0. The lowest BCUT2D eigenvalue weighted by Crippen LogP contribution is -2.71. The molecule has 2 aliphatic rings. The number of carboxylic acids is 2. The van der Waals surface area contributed by atoms with Crippen molar-refractivity contribution in [1.29, 1.82) is 0 Å². The Morgan fingerprint density at radius 2 is 2.13 bits per heavy atom. The van der Waals surface area contributed by atoms with E-state index in [-0.39, 0.29) is 22.2 Å². The number of hydrogen-bond acceptors (Lipinski definition) is 13. The number of nitrogens with two attached hydrogens (primary N) is 1. The van der Waals surface area contributed by atoms with E-state index in [0.29, 0.717) is 17.1 Å². The summed E-state index contributed by atoms with van der Waals surface area (Å²) in [6.45, 7) is -0.802. The molecule has 2 aliphatic heterocycles. The van der Waals surface area contributed by atoms with Gasteiger partial charge >= 0.3 is 5.97 Å². The molecular formula is C21H21N7O7S3. The van der Waals surface area contributed by atoms with Gasteiger partial charge in [0, 0.05) is 33.9 Å². The molecule has 2 aromatic rings. The minimum absolute atomic E-state index is 0.0334. The highest BCUT2D eigenvalue weighted by Crippen LogP contribution is 2.41. The van der Waals surface area contributed by atoms with Crippen LogP contribution in [0.4, 0.5) is 5.13 Å². The van der Waals surface area contributed by atoms with Gasteiger partial charge in [0.1, 0.15) is 17.1 Å². The first kappa shape index (κ1) is 27.2. The third-order valence-electron chi connectivity index (χ3n) is 5.32. The van der Waals surface area contributed by atoms with Gasteiger partial charge in [0.2, 0.25) is 19.0 Å². The van der Waals surface area contributed by atoms with Crippen LogP contribution in [0.5, 0.6) is 0 Å². The van der Waals surface area contributed by atoms with E-state index < -0.39 is 41.8 Å². The maximum absolute atomic E-state index is 13.0. The van der Waals surface area contributed by atoms with Gasteiger partial charge in [-0.25, -0.2) is 9.78 Å². The van der Waals surface area contributed by atoms with E-state index >= 15 is 0 Å². The Kier molecular flexibility index (Phi) is 8.38. The fraction of sp³-hybridized carbons (Fsp3) is 0.286. The molecule has 0 unspecified atom stereocenters. The van der Waals surface area contributed by atoms with Gasteiger partial charge in [-0.2, -0.15) is 5.43 Å². The van der Waals surface area contributed by atoms with Crippen LogP contribution in [0, 0.1) is 0 Å². The number of carbonyl (C=O) groups excluding carboxylic acids is 3. The number of carbonyl (C=O) groups is 4. The van der Waals surface area contributed by atoms with Crippen LogP contribution in [0.1, 0.15) is 5.69 Å². The fourth-order valence-corrected chi connectivity index (χ4v) is 6.49. The van der Waals surface area contributed by atoms with Crippen LogP contribution >= 0.6 is 34.9 Å². The van der Waals surface area contributed by atoms with Crippen molar-refractivity contribution in [2.75, 3.05) is 36.3 Å². The third kappa shape index (κ3) is 5.84. The van der Waals surface area contributed by atoms with Crippen LogP contribution in [0.3, 0.4) is 0 Å². The average molecular weight is 580 g/mol. The molecular weight excluding hydrogens is 558 g/mol. The van der Waals surface area contributed by atoms with E-state index in [2.05, 4.69) is 20.9 Å². The maximum Gasteiger partial charge on any atom is 0.344 e. The summed E-state index contributed by atoms with van der Waals surface area (Å²) in [6, 6.07) is 2.69. The van der Waals surface area contributed by atoms with E-state index in [1.165, 1.54) is 28.9 Å². The summed E-state index contributed by atoms with van der Waals surface area (Å²) < 4.78 is 1.75. The van der Waals surface area contributed by atoms with Crippen LogP contribution in [-0.2, 0) is 24.0 Å². The van der Waals surface area contributed by atoms with Gasteiger partial charge in [0.05, 0.1) is 18.7 Å². The molecule has 1 fully saturated rings. The Balaban J connectivity index is 1.47. The van der Waals surface area contributed by atoms with Gasteiger partial charge in [0.15, 0.2) is 10.8 Å². The van der Waals surface area contributed by atoms with E-state index in [0.717, 1.165) is 21.1 Å². The normalized spacial score (nSPS) is 18.9. The van der Waals surface area contributed by atoms with Crippen LogP contribution in [-0.4, -0.2) is 81.0 Å². The highest BCUT2D eigenvalue weighted by Gasteiger charge is 2.53. The topological polar surface area (TPSA) is 203 Å². The number of nitrogens with one attached hydrogen (secondary N) is 2. The Morgan fingerprint density at radius 1 is 1.39 bits per heavy atom. The van der Waals surface area contributed by atoms with Crippen molar-refractivity contribution in [2.45, 2.75) is 16.3 Å². The first-order valence-corrected chi connectivity index (χ1v) is 13.7. The predicted molar refractivity (Wildman–Crippen MR) is 136 cm³/mol. The van der Waals surface area contributed by atoms with Gasteiger partial charge in [-0.15, -0.1) is 34.9 Å². The number of thiazole rings is 1. The zero-order valence-corrected chi connectivity index (χ0v) is 22.1. The van der Waals surface area contributed by atoms with Crippen LogP contribution in [0.2, 0.25) is 0 Å². The zero-order chi connectivity index (χ0) is 27.4. The van der Waals surface area contributed by atoms with Crippen molar-refractivity contribution in [3.05, 3.63) is 46.9 Å². The van der Waals surface area contributed by atoms with Gasteiger partial charge in [0.25, 0.3) is 11.8 Å². The molecule has 0 spiro atoms. The highest BCUT2D eigenvalue weighted by molar-refractivity contribution is 8.01. The minimum Gasteiger partial charge on any atom is -0.543 e. The lowest BCUT2D eigenvalue weighted by Gasteiger charge is -2.50. The number of hydrogen-bond donors (Lipinski definition) is 4. The summed E-state index contributed by atoms with van der Waals surface area (Å²) >= 11 is 3.75. The van der Waals surface area contributed by atoms with Gasteiger partial charge in [-0.05, 0) is 5.57 Å². The number of nitrogen functional groups attached to an aromatic ring is 1. The van der Waals surface area contributed by atoms with Crippen molar-refractivity contribution in [3.8, 4) is 0 Å². The van der Waals surface area contributed by atoms with E-state index in [1.54, 1.807) is 11.7 Å². The van der Waals surface area contributed by atoms with E-state index in [4.69, 9.17) is 15.7 Å². The average Bonchev–Trinajstić information content (AvgIpc) is 3.33. The highest BCUT2D eigenvalue weighted by atomic mass is 32.2. The molecule has 1 saturated heterocycles. The molecule has 4 rings (SSSR count). The monoisotopic (exact) mass is 579 g/mol. The summed E-state index contributed by atoms with van der Waals surface area (Å²) in [4.78, 5) is 59.4. The minimum atomic E-state index is -1.48. The van der Waals surface area contributed by atoms with E-state index in [1.807, 2.05) is 24.5 Å². The van der Waals surface area contributed by atoms with Gasteiger partial charge < -0.3 is 30.9 Å². The predicted octanol–water partition coefficient (Wildman–Crippen LogP) is -1.81. The first-order valence-electron chi connectivity index (χ1n) is 10.8. The number of aromatic nitrogens is 2. The second-order valence-electron chi connectivity index (χ2n) is 7.73. The van der Waals surface area contributed by atoms with Crippen molar-refractivity contribution < 1.29 is 38.9 Å². The molecule has 4 heterocycles. The SMILES string of the molecule is CN[n+]1ccc(SCC2=C(C(=O)[O-])N3C(=O)[C@@H](NC(=O)/C(=N\OCC(=O)O)c4csc(N)n4)[C@H]3SC2)cc1. The van der Waals surface area contributed by atoms with Gasteiger partial charge in [-0.1, -0.05) is 9.83 Å². The molecule has 5 N–H and O–H groups in total. The van der Waals surface area contributed by atoms with E-state index in [9.17, 15) is 24.3 Å². The van der Waals surface area contributed by atoms with Crippen molar-refractivity contribution in [2.24, 2.45) is 5.16 Å². The Labute approximate surface area is 227 Å². The van der Waals surface area contributed by atoms with Gasteiger partial charge in [-0.3, -0.25) is 14.5 Å². The largest absolute Gasteiger partial charge is 0.543 e. The number of aliphatic carboxylic acids is 2. The number of thioether (sulfide) groups is 2. The summed E-state index contributed by atoms with van der Waals surface area (Å²) in [5, 5.41) is 27.7. The summed E-state index contributed by atoms with van der Waals surface area (Å²) in [5.41, 5.74) is 8.55. The second-order valence-corrected chi connectivity index (χ2v) is 10.8. The molecule has 38 heavy (non-hydrogen) atoms. The van der Waals surface area contributed by atoms with Crippen LogP contribution in [0.25, 0.3) is 0 Å². The summed E-state index contributed by atoms with van der Waals surface area (Å²) in [5.74, 6) is -3.63. The van der Waals surface area contributed by atoms with Crippen molar-refractivity contribution in [1.82, 2.24) is 15.2 Å². The first-order chi connectivity index (χ1) is 18.2. The van der Waals surface area contributed by atoms with Crippen LogP contribution < -0.4 is 26.3 Å². The number of amides is 2. The number of oxime groups is 1. The number of pyridine rings is 1. The molecule has 0 aliphatic carbocycles. The second kappa shape index (κ2) is 11.7. The number of carboxylic acid groups (broad SMARTS) is 2. The molecule has 2 amide bonds. The molecule has 2 atom stereocenters. The van der Waals surface area contributed by atoms with Crippen LogP contribution in [0.15, 0.2) is 51.2 Å². The number of nitrogens with zero attached hydrogens (tertiary/aromatic N) is 4. The standard InChI is InChI=1S/C21H21N7O7S3/c1-23-27-4-2-11(3-5-27)36-7-10-8-37-19-15(18(32)28(19)16(10)20(33)34)25-17(31)14(26-35-6-13(29)30)12-9-38-21(22)24-12/h2-5,9,15,19,23H,6-8H2,1H3,(H4-,22,24,25,29,30,31,33,34)/b26-14-/t15-,19-/m1/s1. The Hall–Kier alpha value is -3.83. The Bertz CT molecular complexity index is 1330. The molecule has 2 aromatic heterocycles. The molecule has 200 valence electrons.